The fourth-order valence-corrected chi connectivity index (χ4v) is 3.19. The molecule has 9 heteroatoms. The summed E-state index contributed by atoms with van der Waals surface area (Å²) in [6.07, 6.45) is 3.63. The molecule has 1 aliphatic heterocycles. The summed E-state index contributed by atoms with van der Waals surface area (Å²) in [5.74, 6) is 0.522. The van der Waals surface area contributed by atoms with Crippen molar-refractivity contribution in [2.45, 2.75) is 26.8 Å². The number of methoxy groups -OCH3 is 1. The summed E-state index contributed by atoms with van der Waals surface area (Å²) in [5, 5.41) is 23.1. The Morgan fingerprint density at radius 3 is 2.83 bits per heavy atom. The number of benzene rings is 1. The number of ether oxygens (including phenoxy) is 1. The summed E-state index contributed by atoms with van der Waals surface area (Å²) in [4.78, 5) is 22.4. The van der Waals surface area contributed by atoms with Crippen LogP contribution in [0.3, 0.4) is 0 Å². The number of rotatable bonds is 8. The van der Waals surface area contributed by atoms with Gasteiger partial charge in [-0.1, -0.05) is 0 Å². The number of aromatic nitrogens is 2. The molecule has 0 bridgehead atoms. The van der Waals surface area contributed by atoms with Crippen molar-refractivity contribution >= 4 is 29.6 Å². The van der Waals surface area contributed by atoms with Crippen molar-refractivity contribution in [2.24, 2.45) is 5.41 Å². The van der Waals surface area contributed by atoms with Crippen molar-refractivity contribution in [3.05, 3.63) is 35.0 Å². The van der Waals surface area contributed by atoms with Gasteiger partial charge >= 0.3 is 5.97 Å². The molecule has 0 atom stereocenters. The number of hydrogen-bond donors (Lipinski definition) is 4. The van der Waals surface area contributed by atoms with Crippen LogP contribution in [0.25, 0.3) is 0 Å². The second-order valence-electron chi connectivity index (χ2n) is 8.12. The summed E-state index contributed by atoms with van der Waals surface area (Å²) in [6.45, 7) is 5.29. The Morgan fingerprint density at radius 2 is 2.17 bits per heavy atom. The summed E-state index contributed by atoms with van der Waals surface area (Å²) in [5.41, 5.74) is 2.75. The number of likely N-dealkylation sites (N-methyl/N-ethyl adjacent to an activating group) is 1. The molecular weight excluding hydrogens is 384 g/mol. The molecule has 0 saturated heterocycles. The van der Waals surface area contributed by atoms with Crippen LogP contribution >= 0.6 is 0 Å². The third kappa shape index (κ3) is 4.68. The van der Waals surface area contributed by atoms with Crippen molar-refractivity contribution < 1.29 is 14.6 Å². The minimum atomic E-state index is -0.981. The van der Waals surface area contributed by atoms with Gasteiger partial charge in [0.25, 0.3) is 0 Å². The van der Waals surface area contributed by atoms with Gasteiger partial charge in [0.1, 0.15) is 11.6 Å². The normalized spacial score (nSPS) is 14.0. The molecule has 1 aromatic carbocycles. The van der Waals surface area contributed by atoms with Gasteiger partial charge in [-0.15, -0.1) is 0 Å². The highest BCUT2D eigenvalue weighted by atomic mass is 16.5. The van der Waals surface area contributed by atoms with Crippen LogP contribution in [0.2, 0.25) is 0 Å². The maximum absolute atomic E-state index is 11.4. The largest absolute Gasteiger partial charge is 0.495 e. The van der Waals surface area contributed by atoms with E-state index >= 15 is 0 Å². The van der Waals surface area contributed by atoms with Gasteiger partial charge in [-0.05, 0) is 50.6 Å². The zero-order valence-electron chi connectivity index (χ0n) is 17.7. The molecule has 2 heterocycles. The lowest BCUT2D eigenvalue weighted by Crippen LogP contribution is -2.32. The van der Waals surface area contributed by atoms with E-state index in [1.54, 1.807) is 21.0 Å². The van der Waals surface area contributed by atoms with E-state index in [9.17, 15) is 9.90 Å². The van der Waals surface area contributed by atoms with Gasteiger partial charge in [0, 0.05) is 32.0 Å². The predicted molar refractivity (Wildman–Crippen MR) is 116 cm³/mol. The van der Waals surface area contributed by atoms with E-state index in [-0.39, 0.29) is 6.54 Å². The lowest BCUT2D eigenvalue weighted by Gasteiger charge is -2.26. The Balaban J connectivity index is 1.87. The first-order chi connectivity index (χ1) is 14.2. The van der Waals surface area contributed by atoms with Crippen LogP contribution in [0.4, 0.5) is 17.5 Å². The standard InChI is InChI=1S/C21H28N6O3/c1-21(2,19(28)29)12-24-18-15(9-22)10-23-20(26-18)25-16-7-14-11-27(3)6-5-13(14)8-17(16)30-4/h7-10,22H,5-6,11-12H2,1-4H3,(H,28,29)(H2,23,24,25,26). The minimum Gasteiger partial charge on any atom is -0.495 e. The number of aliphatic carboxylic acids is 1. The summed E-state index contributed by atoms with van der Waals surface area (Å²) in [7, 11) is 3.72. The van der Waals surface area contributed by atoms with E-state index in [1.807, 2.05) is 6.07 Å². The van der Waals surface area contributed by atoms with Crippen LogP contribution in [0.1, 0.15) is 30.5 Å². The first-order valence-corrected chi connectivity index (χ1v) is 9.73. The average molecular weight is 412 g/mol. The Hall–Kier alpha value is -3.20. The van der Waals surface area contributed by atoms with Crippen molar-refractivity contribution in [3.63, 3.8) is 0 Å². The molecule has 0 spiro atoms. The van der Waals surface area contributed by atoms with Gasteiger partial charge in [-0.25, -0.2) is 4.98 Å². The molecule has 4 N–H and O–H groups in total. The fourth-order valence-electron chi connectivity index (χ4n) is 3.19. The Labute approximate surface area is 176 Å². The third-order valence-corrected chi connectivity index (χ3v) is 5.22. The number of anilines is 3. The topological polar surface area (TPSA) is 123 Å². The van der Waals surface area contributed by atoms with Gasteiger partial charge in [-0.3, -0.25) is 4.79 Å². The smallest absolute Gasteiger partial charge is 0.310 e. The van der Waals surface area contributed by atoms with Crippen LogP contribution in [0.15, 0.2) is 18.3 Å². The van der Waals surface area contributed by atoms with Crippen molar-refractivity contribution in [2.75, 3.05) is 37.9 Å². The zero-order chi connectivity index (χ0) is 21.9. The molecule has 0 unspecified atom stereocenters. The van der Waals surface area contributed by atoms with Crippen LogP contribution in [-0.2, 0) is 17.8 Å². The number of hydrogen-bond acceptors (Lipinski definition) is 8. The first-order valence-electron chi connectivity index (χ1n) is 9.73. The fraction of sp³-hybridized carbons (Fsp3) is 0.429. The molecule has 9 nitrogen and oxygen atoms in total. The van der Waals surface area contributed by atoms with Crippen molar-refractivity contribution in [3.8, 4) is 5.75 Å². The van der Waals surface area contributed by atoms with Crippen molar-refractivity contribution in [1.29, 1.82) is 5.41 Å². The molecule has 3 rings (SSSR count). The van der Waals surface area contributed by atoms with Gasteiger partial charge in [-0.2, -0.15) is 4.98 Å². The van der Waals surface area contributed by atoms with Gasteiger partial charge in [0.2, 0.25) is 5.95 Å². The molecule has 2 aromatic rings. The highest BCUT2D eigenvalue weighted by Crippen LogP contribution is 2.33. The number of fused-ring (bicyclic) bond motifs is 1. The number of nitrogens with one attached hydrogen (secondary N) is 3. The van der Waals surface area contributed by atoms with Crippen LogP contribution < -0.4 is 15.4 Å². The summed E-state index contributed by atoms with van der Waals surface area (Å²) < 4.78 is 5.56. The van der Waals surface area contributed by atoms with Crippen LogP contribution in [-0.4, -0.2) is 59.4 Å². The molecule has 0 fully saturated rings. The van der Waals surface area contributed by atoms with Gasteiger partial charge in [0.15, 0.2) is 0 Å². The molecule has 0 aliphatic carbocycles. The second kappa shape index (κ2) is 8.66. The molecular formula is C21H28N6O3. The van der Waals surface area contributed by atoms with Crippen LogP contribution in [0.5, 0.6) is 5.75 Å². The van der Waals surface area contributed by atoms with E-state index in [2.05, 4.69) is 38.6 Å². The molecule has 30 heavy (non-hydrogen) atoms. The van der Waals surface area contributed by atoms with E-state index in [1.165, 1.54) is 17.3 Å². The number of carbonyl (C=O) groups is 1. The van der Waals surface area contributed by atoms with E-state index < -0.39 is 11.4 Å². The first kappa shape index (κ1) is 21.5. The van der Waals surface area contributed by atoms with Gasteiger partial charge in [0.05, 0.1) is 23.8 Å². The zero-order valence-corrected chi connectivity index (χ0v) is 17.7. The maximum atomic E-state index is 11.4. The van der Waals surface area contributed by atoms with Crippen molar-refractivity contribution in [1.82, 2.24) is 14.9 Å². The average Bonchev–Trinajstić information content (AvgIpc) is 2.71. The molecule has 0 amide bonds. The highest BCUT2D eigenvalue weighted by Gasteiger charge is 2.27. The van der Waals surface area contributed by atoms with E-state index in [0.717, 1.165) is 31.4 Å². The van der Waals surface area contributed by atoms with E-state index in [4.69, 9.17) is 10.1 Å². The predicted octanol–water partition coefficient (Wildman–Crippen LogP) is 2.74. The third-order valence-electron chi connectivity index (χ3n) is 5.22. The Morgan fingerprint density at radius 1 is 1.40 bits per heavy atom. The number of carboxylic acids is 1. The van der Waals surface area contributed by atoms with Crippen LogP contribution in [0, 0.1) is 10.8 Å². The van der Waals surface area contributed by atoms with E-state index in [0.29, 0.717) is 23.1 Å². The summed E-state index contributed by atoms with van der Waals surface area (Å²) in [6, 6.07) is 4.10. The van der Waals surface area contributed by atoms with Gasteiger partial charge < -0.3 is 30.8 Å². The number of nitrogens with zero attached hydrogens (tertiary/aromatic N) is 3. The molecule has 0 radical (unpaired) electrons. The summed E-state index contributed by atoms with van der Waals surface area (Å²) >= 11 is 0. The molecule has 1 aliphatic rings. The monoisotopic (exact) mass is 412 g/mol. The number of carboxylic acid groups (broad SMARTS) is 1. The molecule has 0 saturated carbocycles. The Kier molecular flexibility index (Phi) is 6.21. The maximum Gasteiger partial charge on any atom is 0.310 e. The molecule has 160 valence electrons. The SMILES string of the molecule is COc1cc2c(cc1Nc1ncc(C=N)c(NCC(C)(C)C(=O)O)n1)CN(C)CC2. The quantitative estimate of drug-likeness (QED) is 0.488. The highest BCUT2D eigenvalue weighted by molar-refractivity contribution is 5.84. The minimum absolute atomic E-state index is 0.161. The molecule has 1 aromatic heterocycles. The lowest BCUT2D eigenvalue weighted by molar-refractivity contribution is -0.146. The second-order valence-corrected chi connectivity index (χ2v) is 8.12. The lowest BCUT2D eigenvalue weighted by atomic mass is 9.94. The Bertz CT molecular complexity index is 960.